The molecule has 1 saturated carbocycles. The summed E-state index contributed by atoms with van der Waals surface area (Å²) in [6, 6.07) is 6.12. The highest BCUT2D eigenvalue weighted by Gasteiger charge is 2.33. The normalized spacial score (nSPS) is 20.4. The topological polar surface area (TPSA) is 44.7 Å². The maximum Gasteiger partial charge on any atom is 0.124 e. The highest BCUT2D eigenvalue weighted by molar-refractivity contribution is 5.85. The molecule has 0 bridgehead atoms. The average Bonchev–Trinajstić information content (AvgIpc) is 3.04. The summed E-state index contributed by atoms with van der Waals surface area (Å²) in [5.41, 5.74) is 1.07. The Morgan fingerprint density at radius 1 is 1.17 bits per heavy atom. The molecule has 23 heavy (non-hydrogen) atoms. The first-order valence-corrected chi connectivity index (χ1v) is 8.11. The number of hydrogen-bond donors (Lipinski definition) is 2. The Morgan fingerprint density at radius 2 is 1.83 bits per heavy atom. The quantitative estimate of drug-likeness (QED) is 0.861. The zero-order chi connectivity index (χ0) is 14.7. The van der Waals surface area contributed by atoms with E-state index >= 15 is 0 Å². The largest absolute Gasteiger partial charge is 0.507 e. The number of methoxy groups -OCH3 is 1. The van der Waals surface area contributed by atoms with Crippen molar-refractivity contribution in [3.8, 4) is 11.5 Å². The number of aromatic hydroxyl groups is 1. The van der Waals surface area contributed by atoms with E-state index < -0.39 is 0 Å². The molecule has 1 aromatic rings. The fourth-order valence-corrected chi connectivity index (χ4v) is 3.88. The van der Waals surface area contributed by atoms with E-state index in [4.69, 9.17) is 4.74 Å². The molecule has 2 aliphatic rings. The monoisotopic (exact) mass is 362 g/mol. The van der Waals surface area contributed by atoms with Gasteiger partial charge >= 0.3 is 0 Å². The van der Waals surface area contributed by atoms with Crippen LogP contribution >= 0.6 is 24.8 Å². The molecule has 1 saturated heterocycles. The lowest BCUT2D eigenvalue weighted by atomic mass is 9.89. The van der Waals surface area contributed by atoms with Crippen molar-refractivity contribution in [1.82, 2.24) is 10.2 Å². The molecular weight excluding hydrogens is 335 g/mol. The second-order valence-corrected chi connectivity index (χ2v) is 6.20. The zero-order valence-electron chi connectivity index (χ0n) is 13.7. The van der Waals surface area contributed by atoms with E-state index in [1.165, 1.54) is 25.7 Å². The standard InChI is InChI=1S/C17H26N2O2.2ClH/c1-21-14-6-7-15(16(20)12-14)17(13-4-2-3-5-13)19-10-8-18-9-11-19;;/h6-7,12-13,17-18,20H,2-5,8-11H2,1H3;2*1H/t17-;;/m1../s1. The molecule has 0 radical (unpaired) electrons. The molecule has 132 valence electrons. The molecule has 0 amide bonds. The summed E-state index contributed by atoms with van der Waals surface area (Å²) in [6.45, 7) is 4.21. The number of benzene rings is 1. The number of piperazine rings is 1. The van der Waals surface area contributed by atoms with Crippen LogP contribution in [0.3, 0.4) is 0 Å². The number of halogens is 2. The molecule has 0 spiro atoms. The maximum absolute atomic E-state index is 10.5. The van der Waals surface area contributed by atoms with Crippen LogP contribution in [0.5, 0.6) is 11.5 Å². The lowest BCUT2D eigenvalue weighted by Gasteiger charge is -2.39. The van der Waals surface area contributed by atoms with Crippen LogP contribution in [0.4, 0.5) is 0 Å². The van der Waals surface area contributed by atoms with E-state index in [0.29, 0.717) is 17.7 Å². The highest BCUT2D eigenvalue weighted by Crippen LogP contribution is 2.43. The lowest BCUT2D eigenvalue weighted by Crippen LogP contribution is -2.46. The molecular formula is C17H28Cl2N2O2. The highest BCUT2D eigenvalue weighted by atomic mass is 35.5. The van der Waals surface area contributed by atoms with Crippen LogP contribution in [0.25, 0.3) is 0 Å². The van der Waals surface area contributed by atoms with Gasteiger partial charge in [-0.3, -0.25) is 4.90 Å². The predicted molar refractivity (Wildman–Crippen MR) is 98.3 cm³/mol. The Bertz CT molecular complexity index is 476. The minimum atomic E-state index is 0. The second-order valence-electron chi connectivity index (χ2n) is 6.20. The molecule has 1 aromatic carbocycles. The lowest BCUT2D eigenvalue weighted by molar-refractivity contribution is 0.123. The number of ether oxygens (including phenoxy) is 1. The Hall–Kier alpha value is -0.680. The van der Waals surface area contributed by atoms with E-state index in [0.717, 1.165) is 37.5 Å². The van der Waals surface area contributed by atoms with Crippen molar-refractivity contribution in [2.24, 2.45) is 5.92 Å². The molecule has 0 aromatic heterocycles. The van der Waals surface area contributed by atoms with E-state index in [9.17, 15) is 5.11 Å². The fourth-order valence-electron chi connectivity index (χ4n) is 3.88. The van der Waals surface area contributed by atoms with Gasteiger partial charge in [0, 0.05) is 43.9 Å². The first-order chi connectivity index (χ1) is 10.3. The van der Waals surface area contributed by atoms with Gasteiger partial charge in [-0.05, 0) is 24.8 Å². The van der Waals surface area contributed by atoms with Crippen LogP contribution in [0, 0.1) is 5.92 Å². The summed E-state index contributed by atoms with van der Waals surface area (Å²) in [5, 5.41) is 13.9. The van der Waals surface area contributed by atoms with Crippen LogP contribution in [0.2, 0.25) is 0 Å². The SMILES string of the molecule is COc1ccc([C@@H](C2CCCC2)N2CCNCC2)c(O)c1.Cl.Cl. The summed E-state index contributed by atoms with van der Waals surface area (Å²) < 4.78 is 5.22. The van der Waals surface area contributed by atoms with Gasteiger partial charge in [0.1, 0.15) is 11.5 Å². The van der Waals surface area contributed by atoms with Crippen LogP contribution in [-0.2, 0) is 0 Å². The number of phenols is 1. The smallest absolute Gasteiger partial charge is 0.124 e. The minimum absolute atomic E-state index is 0. The fraction of sp³-hybridized carbons (Fsp3) is 0.647. The van der Waals surface area contributed by atoms with Gasteiger partial charge in [0.05, 0.1) is 7.11 Å². The average molecular weight is 363 g/mol. The van der Waals surface area contributed by atoms with Crippen molar-refractivity contribution in [3.63, 3.8) is 0 Å². The van der Waals surface area contributed by atoms with Crippen molar-refractivity contribution >= 4 is 24.8 Å². The van der Waals surface area contributed by atoms with Gasteiger partial charge in [0.15, 0.2) is 0 Å². The molecule has 2 fully saturated rings. The first-order valence-electron chi connectivity index (χ1n) is 8.11. The Kier molecular flexibility index (Phi) is 8.48. The van der Waals surface area contributed by atoms with Crippen LogP contribution in [-0.4, -0.2) is 43.3 Å². The Labute approximate surface area is 151 Å². The van der Waals surface area contributed by atoms with Crippen molar-refractivity contribution in [2.45, 2.75) is 31.7 Å². The second kappa shape index (κ2) is 9.58. The number of rotatable bonds is 4. The summed E-state index contributed by atoms with van der Waals surface area (Å²) >= 11 is 0. The van der Waals surface area contributed by atoms with Gasteiger partial charge in [0.25, 0.3) is 0 Å². The molecule has 4 nitrogen and oxygen atoms in total. The molecule has 1 heterocycles. The van der Waals surface area contributed by atoms with E-state index in [2.05, 4.69) is 16.3 Å². The zero-order valence-corrected chi connectivity index (χ0v) is 15.3. The molecule has 0 unspecified atom stereocenters. The van der Waals surface area contributed by atoms with Crippen molar-refractivity contribution < 1.29 is 9.84 Å². The number of nitrogens with zero attached hydrogens (tertiary/aromatic N) is 1. The van der Waals surface area contributed by atoms with Crippen molar-refractivity contribution in [1.29, 1.82) is 0 Å². The summed E-state index contributed by atoms with van der Waals surface area (Å²) in [6.07, 6.45) is 5.20. The van der Waals surface area contributed by atoms with Crippen LogP contribution < -0.4 is 10.1 Å². The van der Waals surface area contributed by atoms with Gasteiger partial charge < -0.3 is 15.2 Å². The van der Waals surface area contributed by atoms with Crippen molar-refractivity contribution in [2.75, 3.05) is 33.3 Å². The van der Waals surface area contributed by atoms with Crippen molar-refractivity contribution in [3.05, 3.63) is 23.8 Å². The van der Waals surface area contributed by atoms with Gasteiger partial charge in [-0.15, -0.1) is 24.8 Å². The third kappa shape index (κ3) is 4.66. The third-order valence-corrected chi connectivity index (χ3v) is 4.95. The number of nitrogens with one attached hydrogen (secondary N) is 1. The van der Waals surface area contributed by atoms with Gasteiger partial charge in [0.2, 0.25) is 0 Å². The summed E-state index contributed by atoms with van der Waals surface area (Å²) in [7, 11) is 1.64. The van der Waals surface area contributed by atoms with Crippen LogP contribution in [0.1, 0.15) is 37.3 Å². The van der Waals surface area contributed by atoms with Gasteiger partial charge in [-0.25, -0.2) is 0 Å². The minimum Gasteiger partial charge on any atom is -0.507 e. The van der Waals surface area contributed by atoms with E-state index in [1.54, 1.807) is 13.2 Å². The number of hydrogen-bond acceptors (Lipinski definition) is 4. The maximum atomic E-state index is 10.5. The van der Waals surface area contributed by atoms with E-state index in [-0.39, 0.29) is 24.8 Å². The third-order valence-electron chi connectivity index (χ3n) is 4.95. The summed E-state index contributed by atoms with van der Waals surface area (Å²) in [5.74, 6) is 1.77. The predicted octanol–water partition coefficient (Wildman–Crippen LogP) is 3.38. The number of phenolic OH excluding ortho intramolecular Hbond substituents is 1. The van der Waals surface area contributed by atoms with Gasteiger partial charge in [-0.1, -0.05) is 18.9 Å². The van der Waals surface area contributed by atoms with E-state index in [1.807, 2.05) is 6.07 Å². The Morgan fingerprint density at radius 3 is 2.39 bits per heavy atom. The molecule has 3 rings (SSSR count). The molecule has 1 aliphatic heterocycles. The molecule has 2 N–H and O–H groups in total. The Balaban J connectivity index is 0.00000132. The molecule has 1 atom stereocenters. The molecule has 1 aliphatic carbocycles. The first kappa shape index (κ1) is 20.4. The van der Waals surface area contributed by atoms with Crippen LogP contribution in [0.15, 0.2) is 18.2 Å². The molecule has 6 heteroatoms. The summed E-state index contributed by atoms with van der Waals surface area (Å²) in [4.78, 5) is 2.55. The van der Waals surface area contributed by atoms with Gasteiger partial charge in [-0.2, -0.15) is 0 Å².